The third kappa shape index (κ3) is 18.7. The van der Waals surface area contributed by atoms with E-state index in [1.807, 2.05) is 6.26 Å². The molecule has 0 aliphatic heterocycles. The zero-order valence-electron chi connectivity index (χ0n) is 7.04. The third-order valence-electron chi connectivity index (χ3n) is 0.950. The van der Waals surface area contributed by atoms with Crippen LogP contribution in [0.5, 0.6) is 0 Å². The summed E-state index contributed by atoms with van der Waals surface area (Å²) in [5.74, 6) is -0.1000. The van der Waals surface area contributed by atoms with Crippen molar-refractivity contribution >= 4 is 29.1 Å². The van der Waals surface area contributed by atoms with Gasteiger partial charge >= 0.3 is 5.97 Å². The number of hydrogen-bond acceptors (Lipinski definition) is 4. The molecule has 80 valence electrons. The number of aliphatic carboxylic acids is 1. The number of carboxylic acids is 1. The minimum atomic E-state index is -2.61. The van der Waals surface area contributed by atoms with Crippen LogP contribution in [0.4, 0.5) is 0 Å². The van der Waals surface area contributed by atoms with Crippen molar-refractivity contribution in [1.82, 2.24) is 0 Å². The zero-order valence-corrected chi connectivity index (χ0v) is 8.68. The standard InChI is InChI=1S/C5H11NO2S.H2O3S/c1-9-3-2-4(6)5(7)8;1-4(2)3/h4H,2-3,6H2,1H3,(H,7,8);(H2,1,2,3)/t4-;/m0./s1. The number of nitrogens with two attached hydrogens (primary N) is 1. The molecule has 0 aliphatic carbocycles. The Hall–Kier alpha value is -0.150. The molecule has 0 aromatic carbocycles. The average Bonchev–Trinajstić information content (AvgIpc) is 1.98. The van der Waals surface area contributed by atoms with Gasteiger partial charge in [-0.25, -0.2) is 0 Å². The summed E-state index contributed by atoms with van der Waals surface area (Å²) in [6.07, 6.45) is 2.48. The summed E-state index contributed by atoms with van der Waals surface area (Å²) in [5, 5.41) is 8.27. The fourth-order valence-electron chi connectivity index (χ4n) is 0.368. The summed E-state index contributed by atoms with van der Waals surface area (Å²) in [7, 11) is 0. The molecule has 0 aliphatic rings. The van der Waals surface area contributed by atoms with E-state index in [1.165, 1.54) is 0 Å². The van der Waals surface area contributed by atoms with Crippen LogP contribution in [0.25, 0.3) is 0 Å². The van der Waals surface area contributed by atoms with Crippen LogP contribution in [0.1, 0.15) is 6.42 Å². The summed E-state index contributed by atoms with van der Waals surface area (Å²) in [4.78, 5) is 10.1. The van der Waals surface area contributed by atoms with Gasteiger partial charge in [0.15, 0.2) is 0 Å². The van der Waals surface area contributed by atoms with E-state index in [0.717, 1.165) is 5.75 Å². The quantitative estimate of drug-likeness (QED) is 0.496. The van der Waals surface area contributed by atoms with Crippen LogP contribution in [0.2, 0.25) is 0 Å². The molecule has 0 saturated carbocycles. The summed E-state index contributed by atoms with van der Waals surface area (Å²) >= 11 is -1.01. The lowest BCUT2D eigenvalue weighted by Gasteiger charge is -2.02. The molecule has 0 saturated heterocycles. The smallest absolute Gasteiger partial charge is 0.320 e. The topological polar surface area (TPSA) is 121 Å². The molecular weight excluding hydrogens is 218 g/mol. The third-order valence-corrected chi connectivity index (χ3v) is 1.59. The molecule has 0 radical (unpaired) electrons. The maximum absolute atomic E-state index is 10.1. The van der Waals surface area contributed by atoms with Crippen LogP contribution in [-0.4, -0.2) is 42.4 Å². The molecule has 5 N–H and O–H groups in total. The highest BCUT2D eigenvalue weighted by Gasteiger charge is 2.08. The minimum Gasteiger partial charge on any atom is -0.480 e. The predicted octanol–water partition coefficient (Wildman–Crippen LogP) is -0.167. The molecular formula is C5H13NO5S2. The Morgan fingerprint density at radius 2 is 2.00 bits per heavy atom. The van der Waals surface area contributed by atoms with Gasteiger partial charge in [0.2, 0.25) is 0 Å². The lowest BCUT2D eigenvalue weighted by Crippen LogP contribution is -2.30. The Bertz CT molecular complexity index is 161. The highest BCUT2D eigenvalue weighted by molar-refractivity contribution is 7.98. The molecule has 0 bridgehead atoms. The minimum absolute atomic E-state index is 0.552. The van der Waals surface area contributed by atoms with Crippen molar-refractivity contribution in [1.29, 1.82) is 0 Å². The number of rotatable bonds is 4. The predicted molar refractivity (Wildman–Crippen MR) is 52.0 cm³/mol. The van der Waals surface area contributed by atoms with E-state index in [-0.39, 0.29) is 0 Å². The average molecular weight is 231 g/mol. The molecule has 0 amide bonds. The van der Waals surface area contributed by atoms with Crippen LogP contribution in [0, 0.1) is 0 Å². The number of hydrogen-bond donors (Lipinski definition) is 4. The van der Waals surface area contributed by atoms with Crippen molar-refractivity contribution in [2.45, 2.75) is 12.5 Å². The molecule has 6 nitrogen and oxygen atoms in total. The van der Waals surface area contributed by atoms with Crippen molar-refractivity contribution in [3.63, 3.8) is 0 Å². The molecule has 8 heteroatoms. The molecule has 0 fully saturated rings. The van der Waals surface area contributed by atoms with E-state index < -0.39 is 23.4 Å². The van der Waals surface area contributed by atoms with Crippen molar-refractivity contribution in [2.75, 3.05) is 12.0 Å². The van der Waals surface area contributed by atoms with Gasteiger partial charge in [-0.3, -0.25) is 13.9 Å². The first-order valence-corrected chi connectivity index (χ1v) is 5.64. The Morgan fingerprint density at radius 1 is 1.62 bits per heavy atom. The maximum Gasteiger partial charge on any atom is 0.320 e. The first-order chi connectivity index (χ1) is 5.91. The molecule has 0 unspecified atom stereocenters. The van der Waals surface area contributed by atoms with Gasteiger partial charge < -0.3 is 10.8 Å². The van der Waals surface area contributed by atoms with Crippen molar-refractivity contribution in [2.24, 2.45) is 5.73 Å². The summed E-state index contributed by atoms with van der Waals surface area (Å²) in [6, 6.07) is -0.683. The Labute approximate surface area is 83.0 Å². The summed E-state index contributed by atoms with van der Waals surface area (Å²) < 4.78 is 22.8. The maximum atomic E-state index is 10.1. The van der Waals surface area contributed by atoms with Crippen molar-refractivity contribution in [3.05, 3.63) is 0 Å². The molecule has 0 rings (SSSR count). The van der Waals surface area contributed by atoms with Gasteiger partial charge in [0.1, 0.15) is 6.04 Å². The fourth-order valence-corrected chi connectivity index (χ4v) is 0.858. The van der Waals surface area contributed by atoms with Gasteiger partial charge in [-0.2, -0.15) is 16.0 Å². The van der Waals surface area contributed by atoms with E-state index in [0.29, 0.717) is 6.42 Å². The number of thioether (sulfide) groups is 1. The monoisotopic (exact) mass is 231 g/mol. The van der Waals surface area contributed by atoms with Crippen LogP contribution in [-0.2, 0) is 16.2 Å². The lowest BCUT2D eigenvalue weighted by atomic mass is 10.2. The Morgan fingerprint density at radius 3 is 2.23 bits per heavy atom. The van der Waals surface area contributed by atoms with Crippen LogP contribution >= 0.6 is 11.8 Å². The van der Waals surface area contributed by atoms with Gasteiger partial charge in [-0.15, -0.1) is 0 Å². The van der Waals surface area contributed by atoms with Gasteiger partial charge in [0.05, 0.1) is 0 Å². The van der Waals surface area contributed by atoms with E-state index in [1.54, 1.807) is 11.8 Å². The Kier molecular flexibility index (Phi) is 11.7. The second-order valence-electron chi connectivity index (χ2n) is 1.96. The van der Waals surface area contributed by atoms with Gasteiger partial charge in [0, 0.05) is 0 Å². The van der Waals surface area contributed by atoms with Crippen molar-refractivity contribution < 1.29 is 23.2 Å². The molecule has 0 heterocycles. The second-order valence-corrected chi connectivity index (χ2v) is 3.40. The van der Waals surface area contributed by atoms with Gasteiger partial charge in [0.25, 0.3) is 11.4 Å². The normalized spacial score (nSPS) is 11.8. The molecule has 1 atom stereocenters. The number of carbonyl (C=O) groups is 1. The van der Waals surface area contributed by atoms with Crippen molar-refractivity contribution in [3.8, 4) is 0 Å². The molecule has 0 aromatic heterocycles. The van der Waals surface area contributed by atoms with E-state index >= 15 is 0 Å². The van der Waals surface area contributed by atoms with Crippen LogP contribution in [0.15, 0.2) is 0 Å². The molecule has 13 heavy (non-hydrogen) atoms. The zero-order chi connectivity index (χ0) is 10.9. The lowest BCUT2D eigenvalue weighted by molar-refractivity contribution is -0.138. The molecule has 0 spiro atoms. The SMILES string of the molecule is CSCC[C@H](N)C(=O)O.O=S(O)O. The fraction of sp³-hybridized carbons (Fsp3) is 0.800. The summed E-state index contributed by atoms with van der Waals surface area (Å²) in [6.45, 7) is 0. The first-order valence-electron chi connectivity index (χ1n) is 3.19. The van der Waals surface area contributed by atoms with Crippen LogP contribution < -0.4 is 5.73 Å². The van der Waals surface area contributed by atoms with Gasteiger partial charge in [-0.05, 0) is 18.4 Å². The Balaban J connectivity index is 0. The first kappa shape index (κ1) is 15.3. The van der Waals surface area contributed by atoms with E-state index in [2.05, 4.69) is 0 Å². The van der Waals surface area contributed by atoms with Gasteiger partial charge in [-0.1, -0.05) is 0 Å². The highest BCUT2D eigenvalue weighted by Crippen LogP contribution is 1.97. The molecule has 0 aromatic rings. The van der Waals surface area contributed by atoms with Crippen LogP contribution in [0.3, 0.4) is 0 Å². The van der Waals surface area contributed by atoms with E-state index in [9.17, 15) is 4.79 Å². The van der Waals surface area contributed by atoms with E-state index in [4.69, 9.17) is 24.2 Å². The largest absolute Gasteiger partial charge is 0.480 e. The summed E-state index contributed by atoms with van der Waals surface area (Å²) in [5.41, 5.74) is 5.19. The highest BCUT2D eigenvalue weighted by atomic mass is 32.2. The number of carboxylic acid groups (broad SMARTS) is 1. The second kappa shape index (κ2) is 9.93.